The normalized spacial score (nSPS) is 19.3. The summed E-state index contributed by atoms with van der Waals surface area (Å²) in [6.07, 6.45) is 9.32. The van der Waals surface area contributed by atoms with E-state index in [-0.39, 0.29) is 5.91 Å². The number of piperidine rings is 1. The van der Waals surface area contributed by atoms with Gasteiger partial charge >= 0.3 is 0 Å². The molecule has 7 heteroatoms. The lowest BCUT2D eigenvalue weighted by Gasteiger charge is -2.37. The van der Waals surface area contributed by atoms with E-state index in [1.165, 1.54) is 5.56 Å². The second-order valence-corrected chi connectivity index (χ2v) is 7.25. The molecule has 0 N–H and O–H groups in total. The molecule has 2 aliphatic heterocycles. The van der Waals surface area contributed by atoms with E-state index in [2.05, 4.69) is 36.9 Å². The van der Waals surface area contributed by atoms with Gasteiger partial charge in [-0.05, 0) is 42.5 Å². The second kappa shape index (κ2) is 8.43. The van der Waals surface area contributed by atoms with E-state index in [4.69, 9.17) is 0 Å². The highest BCUT2D eigenvalue weighted by atomic mass is 16.2. The Balaban J connectivity index is 1.22. The average molecular weight is 366 g/mol. The van der Waals surface area contributed by atoms with Crippen molar-refractivity contribution >= 4 is 11.9 Å². The highest BCUT2D eigenvalue weighted by molar-refractivity contribution is 5.78. The average Bonchev–Trinajstić information content (AvgIpc) is 2.76. The smallest absolute Gasteiger partial charge is 0.236 e. The van der Waals surface area contributed by atoms with E-state index in [1.54, 1.807) is 12.4 Å². The van der Waals surface area contributed by atoms with Crippen molar-refractivity contribution in [3.05, 3.63) is 48.5 Å². The summed E-state index contributed by atoms with van der Waals surface area (Å²) in [7, 11) is 0. The summed E-state index contributed by atoms with van der Waals surface area (Å²) in [5.74, 6) is 1.58. The van der Waals surface area contributed by atoms with Crippen LogP contribution in [0, 0.1) is 0 Å². The molecule has 0 aromatic carbocycles. The minimum atomic E-state index is 0.257. The summed E-state index contributed by atoms with van der Waals surface area (Å²) in [6.45, 7) is 5.69. The van der Waals surface area contributed by atoms with Gasteiger partial charge in [0.1, 0.15) is 0 Å². The van der Waals surface area contributed by atoms with Crippen molar-refractivity contribution in [3.8, 4) is 0 Å². The third-order valence-corrected chi connectivity index (χ3v) is 5.59. The molecule has 4 rings (SSSR count). The summed E-state index contributed by atoms with van der Waals surface area (Å²) < 4.78 is 0. The quantitative estimate of drug-likeness (QED) is 0.815. The zero-order valence-electron chi connectivity index (χ0n) is 15.6. The van der Waals surface area contributed by atoms with Crippen molar-refractivity contribution in [1.82, 2.24) is 24.8 Å². The molecule has 4 heterocycles. The number of aromatic nitrogens is 3. The van der Waals surface area contributed by atoms with E-state index in [0.29, 0.717) is 12.5 Å². The standard InChI is InChI=1S/C20H26N6O/c27-19(25-10-4-18(5-11-25)17-2-8-21-9-3-17)16-24-12-14-26(15-13-24)20-22-6-1-7-23-20/h1-3,6-9,18H,4-5,10-16H2. The fourth-order valence-corrected chi connectivity index (χ4v) is 3.95. The van der Waals surface area contributed by atoms with Crippen LogP contribution in [0.15, 0.2) is 43.0 Å². The van der Waals surface area contributed by atoms with Crippen molar-refractivity contribution in [2.24, 2.45) is 0 Å². The van der Waals surface area contributed by atoms with Gasteiger partial charge in [0, 0.05) is 64.1 Å². The molecule has 0 saturated carbocycles. The van der Waals surface area contributed by atoms with Crippen LogP contribution >= 0.6 is 0 Å². The Morgan fingerprint density at radius 2 is 1.59 bits per heavy atom. The van der Waals surface area contributed by atoms with Gasteiger partial charge in [-0.2, -0.15) is 0 Å². The lowest BCUT2D eigenvalue weighted by molar-refractivity contribution is -0.133. The zero-order valence-corrected chi connectivity index (χ0v) is 15.6. The van der Waals surface area contributed by atoms with Gasteiger partial charge in [-0.3, -0.25) is 14.7 Å². The maximum absolute atomic E-state index is 12.7. The van der Waals surface area contributed by atoms with E-state index >= 15 is 0 Å². The zero-order chi connectivity index (χ0) is 18.5. The number of carbonyl (C=O) groups is 1. The van der Waals surface area contributed by atoms with Crippen LogP contribution in [0.4, 0.5) is 5.95 Å². The first-order valence-electron chi connectivity index (χ1n) is 9.71. The number of likely N-dealkylation sites (tertiary alicyclic amines) is 1. The van der Waals surface area contributed by atoms with E-state index in [0.717, 1.165) is 58.1 Å². The maximum atomic E-state index is 12.7. The summed E-state index contributed by atoms with van der Waals surface area (Å²) in [5, 5.41) is 0. The first-order chi connectivity index (χ1) is 13.3. The molecular weight excluding hydrogens is 340 g/mol. The Labute approximate surface area is 160 Å². The molecule has 0 atom stereocenters. The molecule has 2 aromatic heterocycles. The monoisotopic (exact) mass is 366 g/mol. The summed E-state index contributed by atoms with van der Waals surface area (Å²) in [4.78, 5) is 31.9. The van der Waals surface area contributed by atoms with Gasteiger partial charge in [-0.25, -0.2) is 9.97 Å². The van der Waals surface area contributed by atoms with Gasteiger partial charge in [-0.1, -0.05) is 0 Å². The number of piperazine rings is 1. The lowest BCUT2D eigenvalue weighted by atomic mass is 9.90. The number of anilines is 1. The van der Waals surface area contributed by atoms with Crippen LogP contribution in [-0.4, -0.2) is 76.5 Å². The van der Waals surface area contributed by atoms with Gasteiger partial charge < -0.3 is 9.80 Å². The van der Waals surface area contributed by atoms with E-state index in [1.807, 2.05) is 23.4 Å². The van der Waals surface area contributed by atoms with E-state index in [9.17, 15) is 4.79 Å². The first-order valence-corrected chi connectivity index (χ1v) is 9.71. The number of nitrogens with zero attached hydrogens (tertiary/aromatic N) is 6. The van der Waals surface area contributed by atoms with Crippen LogP contribution in [0.1, 0.15) is 24.3 Å². The minimum absolute atomic E-state index is 0.257. The third-order valence-electron chi connectivity index (χ3n) is 5.59. The fourth-order valence-electron chi connectivity index (χ4n) is 3.95. The SMILES string of the molecule is O=C(CN1CCN(c2ncccn2)CC1)N1CCC(c2ccncc2)CC1. The van der Waals surface area contributed by atoms with Crippen molar-refractivity contribution < 1.29 is 4.79 Å². The maximum Gasteiger partial charge on any atom is 0.236 e. The predicted molar refractivity (Wildman–Crippen MR) is 103 cm³/mol. The molecule has 0 aliphatic carbocycles. The second-order valence-electron chi connectivity index (χ2n) is 7.25. The molecule has 0 radical (unpaired) electrons. The van der Waals surface area contributed by atoms with Crippen LogP contribution in [0.3, 0.4) is 0 Å². The molecule has 0 bridgehead atoms. The first kappa shape index (κ1) is 17.9. The molecule has 27 heavy (non-hydrogen) atoms. The largest absolute Gasteiger partial charge is 0.342 e. The number of carbonyl (C=O) groups excluding carboxylic acids is 1. The van der Waals surface area contributed by atoms with Crippen molar-refractivity contribution in [2.75, 3.05) is 50.7 Å². The van der Waals surface area contributed by atoms with Crippen LogP contribution < -0.4 is 4.90 Å². The molecule has 0 spiro atoms. The number of hydrogen-bond donors (Lipinski definition) is 0. The molecule has 0 unspecified atom stereocenters. The minimum Gasteiger partial charge on any atom is -0.342 e. The molecule has 2 aliphatic rings. The Kier molecular flexibility index (Phi) is 5.58. The molecule has 1 amide bonds. The lowest BCUT2D eigenvalue weighted by Crippen LogP contribution is -2.51. The van der Waals surface area contributed by atoms with Crippen molar-refractivity contribution in [2.45, 2.75) is 18.8 Å². The third kappa shape index (κ3) is 4.42. The Bertz CT molecular complexity index is 725. The Morgan fingerprint density at radius 3 is 2.26 bits per heavy atom. The fraction of sp³-hybridized carbons (Fsp3) is 0.500. The van der Waals surface area contributed by atoms with Crippen LogP contribution in [0.25, 0.3) is 0 Å². The molecule has 142 valence electrons. The van der Waals surface area contributed by atoms with Gasteiger partial charge in [-0.15, -0.1) is 0 Å². The van der Waals surface area contributed by atoms with Crippen molar-refractivity contribution in [1.29, 1.82) is 0 Å². The Hall–Kier alpha value is -2.54. The summed E-state index contributed by atoms with van der Waals surface area (Å²) in [5.41, 5.74) is 1.34. The summed E-state index contributed by atoms with van der Waals surface area (Å²) in [6, 6.07) is 6.02. The van der Waals surface area contributed by atoms with Gasteiger partial charge in [0.2, 0.25) is 11.9 Å². The number of amides is 1. The van der Waals surface area contributed by atoms with Crippen LogP contribution in [-0.2, 0) is 4.79 Å². The van der Waals surface area contributed by atoms with Gasteiger partial charge in [0.15, 0.2) is 0 Å². The molecule has 2 saturated heterocycles. The highest BCUT2D eigenvalue weighted by Gasteiger charge is 2.26. The van der Waals surface area contributed by atoms with E-state index < -0.39 is 0 Å². The van der Waals surface area contributed by atoms with Crippen molar-refractivity contribution in [3.63, 3.8) is 0 Å². The number of hydrogen-bond acceptors (Lipinski definition) is 6. The topological polar surface area (TPSA) is 65.5 Å². The molecule has 2 aromatic rings. The molecule has 7 nitrogen and oxygen atoms in total. The molecular formula is C20H26N6O. The van der Waals surface area contributed by atoms with Gasteiger partial charge in [0.25, 0.3) is 0 Å². The number of rotatable bonds is 4. The molecule has 2 fully saturated rings. The number of pyridine rings is 1. The van der Waals surface area contributed by atoms with Crippen LogP contribution in [0.2, 0.25) is 0 Å². The Morgan fingerprint density at radius 1 is 0.926 bits per heavy atom. The predicted octanol–water partition coefficient (Wildman–Crippen LogP) is 1.40. The highest BCUT2D eigenvalue weighted by Crippen LogP contribution is 2.27. The summed E-state index contributed by atoms with van der Waals surface area (Å²) >= 11 is 0. The van der Waals surface area contributed by atoms with Crippen LogP contribution in [0.5, 0.6) is 0 Å². The van der Waals surface area contributed by atoms with Gasteiger partial charge in [0.05, 0.1) is 6.54 Å².